The highest BCUT2D eigenvalue weighted by molar-refractivity contribution is 6.71. The minimum Gasteiger partial charge on any atom is -0.420 e. The summed E-state index contributed by atoms with van der Waals surface area (Å²) in [5.41, 5.74) is 0. The van der Waals surface area contributed by atoms with Crippen molar-refractivity contribution in [2.24, 2.45) is 0 Å². The molecule has 0 unspecified atom stereocenters. The van der Waals surface area contributed by atoms with Gasteiger partial charge in [-0.2, -0.15) is 0 Å². The van der Waals surface area contributed by atoms with Crippen molar-refractivity contribution in [1.82, 2.24) is 0 Å². The van der Waals surface area contributed by atoms with Crippen LogP contribution in [-0.4, -0.2) is 45.6 Å². The van der Waals surface area contributed by atoms with Gasteiger partial charge >= 0.3 is 8.80 Å². The van der Waals surface area contributed by atoms with Gasteiger partial charge in [-0.1, -0.05) is 0 Å². The van der Waals surface area contributed by atoms with E-state index in [9.17, 15) is 0 Å². The zero-order valence-electron chi connectivity index (χ0n) is 10.8. The van der Waals surface area contributed by atoms with E-state index in [1.54, 1.807) is 28.4 Å². The van der Waals surface area contributed by atoms with Crippen LogP contribution >= 0.6 is 0 Å². The van der Waals surface area contributed by atoms with Gasteiger partial charge in [0.05, 0.1) is 0 Å². The van der Waals surface area contributed by atoms with Gasteiger partial charge in [-0.15, -0.1) is 0 Å². The molecule has 0 aliphatic heterocycles. The predicted octanol–water partition coefficient (Wildman–Crippen LogP) is 2.11. The van der Waals surface area contributed by atoms with Crippen LogP contribution in [0, 0.1) is 0 Å². The van der Waals surface area contributed by atoms with Gasteiger partial charge in [-0.3, -0.25) is 0 Å². The number of hydrogen-bond acceptors (Lipinski definition) is 4. The molecule has 0 rings (SSSR count). The number of hydrogen-bond donors (Lipinski definition) is 0. The zero-order chi connectivity index (χ0) is 11.9. The molecule has 0 aromatic heterocycles. The topological polar surface area (TPSA) is 36.9 Å². The van der Waals surface area contributed by atoms with E-state index in [1.807, 2.05) is 0 Å². The van der Waals surface area contributed by atoms with E-state index in [0.717, 1.165) is 18.5 Å². The SMILES string of the molecule is CO[Si](C)(C)CCC[Si](OC)(OC)OC. The van der Waals surface area contributed by atoms with E-state index >= 15 is 0 Å². The van der Waals surface area contributed by atoms with Crippen LogP contribution in [0.25, 0.3) is 0 Å². The Bertz CT molecular complexity index is 163. The Morgan fingerprint density at radius 2 is 1.20 bits per heavy atom. The molecule has 92 valence electrons. The standard InChI is InChI=1S/C9H24O4Si2/c1-10-14(5,6)8-7-9-15(11-2,12-3)13-4/h7-9H2,1-6H3. The van der Waals surface area contributed by atoms with E-state index in [4.69, 9.17) is 17.7 Å². The molecule has 0 saturated heterocycles. The molecule has 15 heavy (non-hydrogen) atoms. The van der Waals surface area contributed by atoms with Crippen molar-refractivity contribution >= 4 is 17.1 Å². The summed E-state index contributed by atoms with van der Waals surface area (Å²) in [6.07, 6.45) is 1.04. The molecule has 4 nitrogen and oxygen atoms in total. The summed E-state index contributed by atoms with van der Waals surface area (Å²) in [6, 6.07) is 1.96. The van der Waals surface area contributed by atoms with Crippen molar-refractivity contribution in [2.75, 3.05) is 28.4 Å². The van der Waals surface area contributed by atoms with Gasteiger partial charge in [-0.05, 0) is 25.6 Å². The van der Waals surface area contributed by atoms with Gasteiger partial charge in [0.1, 0.15) is 0 Å². The van der Waals surface area contributed by atoms with Gasteiger partial charge in [0, 0.05) is 34.5 Å². The Labute approximate surface area is 95.4 Å². The average Bonchev–Trinajstić information content (AvgIpc) is 2.25. The zero-order valence-corrected chi connectivity index (χ0v) is 12.8. The first-order valence-electron chi connectivity index (χ1n) is 5.16. The van der Waals surface area contributed by atoms with Gasteiger partial charge in [-0.25, -0.2) is 0 Å². The summed E-state index contributed by atoms with van der Waals surface area (Å²) < 4.78 is 21.5. The second-order valence-corrected chi connectivity index (χ2v) is 11.6. The van der Waals surface area contributed by atoms with Gasteiger partial charge in [0.2, 0.25) is 0 Å². The molecule has 0 saturated carbocycles. The normalized spacial score (nSPS) is 13.2. The summed E-state index contributed by atoms with van der Waals surface area (Å²) in [5.74, 6) is 0. The number of rotatable bonds is 8. The summed E-state index contributed by atoms with van der Waals surface area (Å²) in [7, 11) is 2.92. The van der Waals surface area contributed by atoms with Crippen LogP contribution in [0.4, 0.5) is 0 Å². The van der Waals surface area contributed by atoms with E-state index in [-0.39, 0.29) is 0 Å². The molecule has 0 radical (unpaired) electrons. The lowest BCUT2D eigenvalue weighted by Gasteiger charge is -2.26. The van der Waals surface area contributed by atoms with Crippen molar-refractivity contribution in [3.8, 4) is 0 Å². The quantitative estimate of drug-likeness (QED) is 0.620. The highest BCUT2D eigenvalue weighted by Crippen LogP contribution is 2.21. The highest BCUT2D eigenvalue weighted by atomic mass is 28.4. The maximum absolute atomic E-state index is 5.49. The van der Waals surface area contributed by atoms with E-state index < -0.39 is 17.1 Å². The van der Waals surface area contributed by atoms with Crippen LogP contribution in [0.2, 0.25) is 25.2 Å². The maximum atomic E-state index is 5.49. The highest BCUT2D eigenvalue weighted by Gasteiger charge is 2.37. The van der Waals surface area contributed by atoms with Crippen molar-refractivity contribution in [2.45, 2.75) is 31.6 Å². The molecule has 0 aromatic rings. The minimum absolute atomic E-state index is 0.857. The van der Waals surface area contributed by atoms with Crippen LogP contribution in [0.15, 0.2) is 0 Å². The second kappa shape index (κ2) is 6.77. The largest absolute Gasteiger partial charge is 0.500 e. The fourth-order valence-corrected chi connectivity index (χ4v) is 4.70. The first kappa shape index (κ1) is 15.3. The molecule has 0 spiro atoms. The predicted molar refractivity (Wildman–Crippen MR) is 65.5 cm³/mol. The van der Waals surface area contributed by atoms with Gasteiger partial charge in [0.25, 0.3) is 0 Å². The Kier molecular flexibility index (Phi) is 6.89. The van der Waals surface area contributed by atoms with Crippen LogP contribution in [0.5, 0.6) is 0 Å². The third kappa shape index (κ3) is 5.23. The molecule has 0 aliphatic rings. The molecule has 0 N–H and O–H groups in total. The van der Waals surface area contributed by atoms with Crippen molar-refractivity contribution in [3.63, 3.8) is 0 Å². The summed E-state index contributed by atoms with van der Waals surface area (Å²) in [6.45, 7) is 4.42. The summed E-state index contributed by atoms with van der Waals surface area (Å²) in [4.78, 5) is 0. The van der Waals surface area contributed by atoms with Crippen LogP contribution < -0.4 is 0 Å². The van der Waals surface area contributed by atoms with Crippen molar-refractivity contribution in [1.29, 1.82) is 0 Å². The van der Waals surface area contributed by atoms with Gasteiger partial charge in [0.15, 0.2) is 8.32 Å². The van der Waals surface area contributed by atoms with E-state index in [1.165, 1.54) is 0 Å². The third-order valence-electron chi connectivity index (χ3n) is 2.75. The molecule has 0 aliphatic carbocycles. The Hall–Kier alpha value is 0.274. The fourth-order valence-electron chi connectivity index (χ4n) is 1.39. The van der Waals surface area contributed by atoms with Gasteiger partial charge < -0.3 is 17.7 Å². The Balaban J connectivity index is 4.02. The van der Waals surface area contributed by atoms with E-state index in [0.29, 0.717) is 0 Å². The first-order valence-corrected chi connectivity index (χ1v) is 10.2. The lowest BCUT2D eigenvalue weighted by Crippen LogP contribution is -2.43. The molecule has 0 bridgehead atoms. The lowest BCUT2D eigenvalue weighted by molar-refractivity contribution is 0.123. The molecular weight excluding hydrogens is 228 g/mol. The van der Waals surface area contributed by atoms with Crippen LogP contribution in [0.3, 0.4) is 0 Å². The van der Waals surface area contributed by atoms with Crippen LogP contribution in [-0.2, 0) is 17.7 Å². The molecule has 0 aromatic carbocycles. The smallest absolute Gasteiger partial charge is 0.420 e. The summed E-state index contributed by atoms with van der Waals surface area (Å²) in [5, 5.41) is 0. The van der Waals surface area contributed by atoms with Crippen molar-refractivity contribution in [3.05, 3.63) is 0 Å². The first-order chi connectivity index (χ1) is 6.95. The Morgan fingerprint density at radius 3 is 1.53 bits per heavy atom. The Morgan fingerprint density at radius 1 is 0.733 bits per heavy atom. The monoisotopic (exact) mass is 252 g/mol. The second-order valence-electron chi connectivity index (χ2n) is 4.11. The third-order valence-corrected chi connectivity index (χ3v) is 8.24. The summed E-state index contributed by atoms with van der Waals surface area (Å²) >= 11 is 0. The van der Waals surface area contributed by atoms with E-state index in [2.05, 4.69) is 13.1 Å². The maximum Gasteiger partial charge on any atom is 0.500 e. The molecular formula is C9H24O4Si2. The molecule has 0 fully saturated rings. The average molecular weight is 252 g/mol. The molecule has 6 heteroatoms. The van der Waals surface area contributed by atoms with Crippen LogP contribution in [0.1, 0.15) is 6.42 Å². The molecule has 0 atom stereocenters. The molecule has 0 heterocycles. The van der Waals surface area contributed by atoms with Crippen molar-refractivity contribution < 1.29 is 17.7 Å². The minimum atomic E-state index is -2.36. The molecule has 0 amide bonds. The fraction of sp³-hybridized carbons (Fsp3) is 1.00. The lowest BCUT2D eigenvalue weighted by atomic mass is 10.6.